The number of rotatable bonds is 6. The van der Waals surface area contributed by atoms with E-state index < -0.39 is 0 Å². The van der Waals surface area contributed by atoms with Gasteiger partial charge in [0.2, 0.25) is 0 Å². The lowest BCUT2D eigenvalue weighted by atomic mass is 10.2. The lowest BCUT2D eigenvalue weighted by molar-refractivity contribution is 0.0953. The highest BCUT2D eigenvalue weighted by molar-refractivity contribution is 5.94. The number of nitrogens with two attached hydrogens (primary N) is 1. The molecule has 4 N–H and O–H groups in total. The van der Waals surface area contributed by atoms with Crippen LogP contribution in [0.2, 0.25) is 0 Å². The van der Waals surface area contributed by atoms with Crippen molar-refractivity contribution in [1.82, 2.24) is 10.3 Å². The molecule has 1 heterocycles. The zero-order valence-corrected chi connectivity index (χ0v) is 12.1. The third kappa shape index (κ3) is 4.49. The van der Waals surface area contributed by atoms with Crippen LogP contribution in [0.4, 0.5) is 11.5 Å². The molecule has 2 aromatic rings. The molecule has 0 bridgehead atoms. The Morgan fingerprint density at radius 3 is 2.71 bits per heavy atom. The second-order valence-electron chi connectivity index (χ2n) is 4.85. The maximum Gasteiger partial charge on any atom is 0.251 e. The summed E-state index contributed by atoms with van der Waals surface area (Å²) in [7, 11) is 0. The minimum absolute atomic E-state index is 0.0522. The highest BCUT2D eigenvalue weighted by atomic mass is 16.1. The summed E-state index contributed by atoms with van der Waals surface area (Å²) in [6, 6.07) is 11.1. The van der Waals surface area contributed by atoms with E-state index in [0.717, 1.165) is 12.0 Å². The van der Waals surface area contributed by atoms with Crippen molar-refractivity contribution in [1.29, 1.82) is 0 Å². The summed E-state index contributed by atoms with van der Waals surface area (Å²) in [5.41, 5.74) is 8.22. The molecule has 5 nitrogen and oxygen atoms in total. The predicted octanol–water partition coefficient (Wildman–Crippen LogP) is 2.20. The molecule has 0 saturated carbocycles. The molecule has 0 aliphatic rings. The Morgan fingerprint density at radius 1 is 1.24 bits per heavy atom. The number of nitrogens with zero attached hydrogens (tertiary/aromatic N) is 1. The Kier molecular flexibility index (Phi) is 5.15. The maximum absolute atomic E-state index is 11.8. The molecule has 2 rings (SSSR count). The number of nitrogens with one attached hydrogen (secondary N) is 2. The van der Waals surface area contributed by atoms with Crippen LogP contribution in [0.3, 0.4) is 0 Å². The van der Waals surface area contributed by atoms with Gasteiger partial charge in [0.05, 0.1) is 5.69 Å². The van der Waals surface area contributed by atoms with Gasteiger partial charge in [0.15, 0.2) is 0 Å². The van der Waals surface area contributed by atoms with Crippen LogP contribution in [0, 0.1) is 6.92 Å². The highest BCUT2D eigenvalue weighted by Gasteiger charge is 2.03. The van der Waals surface area contributed by atoms with Crippen LogP contribution in [0.25, 0.3) is 0 Å². The van der Waals surface area contributed by atoms with E-state index in [1.807, 2.05) is 31.2 Å². The van der Waals surface area contributed by atoms with Gasteiger partial charge < -0.3 is 16.4 Å². The molecule has 0 saturated heterocycles. The molecule has 21 heavy (non-hydrogen) atoms. The van der Waals surface area contributed by atoms with Crippen molar-refractivity contribution in [2.24, 2.45) is 0 Å². The van der Waals surface area contributed by atoms with E-state index in [0.29, 0.717) is 30.2 Å². The Hall–Kier alpha value is -2.56. The number of carbonyl (C=O) groups excluding carboxylic acids is 1. The predicted molar refractivity (Wildman–Crippen MR) is 85.3 cm³/mol. The van der Waals surface area contributed by atoms with Gasteiger partial charge in [-0.1, -0.05) is 18.2 Å². The first kappa shape index (κ1) is 14.8. The average molecular weight is 284 g/mol. The number of amides is 1. The van der Waals surface area contributed by atoms with Gasteiger partial charge in [0.25, 0.3) is 5.91 Å². The fourth-order valence-corrected chi connectivity index (χ4v) is 1.93. The molecule has 0 unspecified atom stereocenters. The number of anilines is 2. The number of aromatic nitrogens is 1. The van der Waals surface area contributed by atoms with Crippen LogP contribution in [0.15, 0.2) is 42.6 Å². The molecule has 1 aromatic carbocycles. The monoisotopic (exact) mass is 284 g/mol. The van der Waals surface area contributed by atoms with Gasteiger partial charge in [-0.3, -0.25) is 4.79 Å². The van der Waals surface area contributed by atoms with E-state index in [1.165, 1.54) is 0 Å². The molecule has 1 aromatic heterocycles. The van der Waals surface area contributed by atoms with Gasteiger partial charge in [-0.15, -0.1) is 0 Å². The lowest BCUT2D eigenvalue weighted by Crippen LogP contribution is -2.25. The van der Waals surface area contributed by atoms with Gasteiger partial charge in [0, 0.05) is 24.8 Å². The summed E-state index contributed by atoms with van der Waals surface area (Å²) in [6.45, 7) is 3.26. The molecule has 0 radical (unpaired) electrons. The zero-order chi connectivity index (χ0) is 15.1. The SMILES string of the molecule is Cc1cnc(NCCCNC(=O)c2ccccc2)c(N)c1. The number of carbonyl (C=O) groups is 1. The summed E-state index contributed by atoms with van der Waals surface area (Å²) >= 11 is 0. The van der Waals surface area contributed by atoms with Crippen molar-refractivity contribution in [3.8, 4) is 0 Å². The van der Waals surface area contributed by atoms with E-state index in [9.17, 15) is 4.79 Å². The fraction of sp³-hybridized carbons (Fsp3) is 0.250. The van der Waals surface area contributed by atoms with Gasteiger partial charge in [-0.05, 0) is 37.1 Å². The van der Waals surface area contributed by atoms with Crippen molar-refractivity contribution in [2.45, 2.75) is 13.3 Å². The van der Waals surface area contributed by atoms with Crippen LogP contribution in [-0.2, 0) is 0 Å². The first-order chi connectivity index (χ1) is 10.2. The fourth-order valence-electron chi connectivity index (χ4n) is 1.93. The van der Waals surface area contributed by atoms with E-state index in [2.05, 4.69) is 15.6 Å². The molecule has 110 valence electrons. The summed E-state index contributed by atoms with van der Waals surface area (Å²) in [6.07, 6.45) is 2.57. The summed E-state index contributed by atoms with van der Waals surface area (Å²) in [5.74, 6) is 0.638. The molecule has 0 aliphatic heterocycles. The molecular formula is C16H20N4O. The van der Waals surface area contributed by atoms with Crippen LogP contribution >= 0.6 is 0 Å². The third-order valence-corrected chi connectivity index (χ3v) is 3.02. The topological polar surface area (TPSA) is 80.0 Å². The smallest absolute Gasteiger partial charge is 0.251 e. The normalized spacial score (nSPS) is 10.1. The molecular weight excluding hydrogens is 264 g/mol. The van der Waals surface area contributed by atoms with Crippen molar-refractivity contribution in [3.05, 3.63) is 53.7 Å². The lowest BCUT2D eigenvalue weighted by Gasteiger charge is -2.09. The molecule has 5 heteroatoms. The van der Waals surface area contributed by atoms with Crippen LogP contribution in [0.5, 0.6) is 0 Å². The average Bonchev–Trinajstić information content (AvgIpc) is 2.49. The zero-order valence-electron chi connectivity index (χ0n) is 12.1. The molecule has 0 atom stereocenters. The van der Waals surface area contributed by atoms with Crippen LogP contribution < -0.4 is 16.4 Å². The number of aryl methyl sites for hydroxylation is 1. The number of hydrogen-bond donors (Lipinski definition) is 3. The number of nitrogen functional groups attached to an aromatic ring is 1. The van der Waals surface area contributed by atoms with Crippen molar-refractivity contribution in [2.75, 3.05) is 24.1 Å². The van der Waals surface area contributed by atoms with Gasteiger partial charge in [-0.2, -0.15) is 0 Å². The Morgan fingerprint density at radius 2 is 2.00 bits per heavy atom. The maximum atomic E-state index is 11.8. The Labute approximate surface area is 124 Å². The van der Waals surface area contributed by atoms with Crippen LogP contribution in [0.1, 0.15) is 22.3 Å². The molecule has 0 fully saturated rings. The second-order valence-corrected chi connectivity index (χ2v) is 4.85. The summed E-state index contributed by atoms with van der Waals surface area (Å²) < 4.78 is 0. The molecule has 0 aliphatic carbocycles. The minimum atomic E-state index is -0.0522. The van der Waals surface area contributed by atoms with E-state index in [1.54, 1.807) is 18.3 Å². The first-order valence-corrected chi connectivity index (χ1v) is 6.96. The first-order valence-electron chi connectivity index (χ1n) is 6.96. The second kappa shape index (κ2) is 7.28. The van der Waals surface area contributed by atoms with Gasteiger partial charge in [0.1, 0.15) is 5.82 Å². The highest BCUT2D eigenvalue weighted by Crippen LogP contribution is 2.15. The molecule has 1 amide bonds. The van der Waals surface area contributed by atoms with E-state index >= 15 is 0 Å². The number of hydrogen-bond acceptors (Lipinski definition) is 4. The number of pyridine rings is 1. The van der Waals surface area contributed by atoms with E-state index in [4.69, 9.17) is 5.73 Å². The minimum Gasteiger partial charge on any atom is -0.396 e. The Bertz CT molecular complexity index is 598. The third-order valence-electron chi connectivity index (χ3n) is 3.02. The van der Waals surface area contributed by atoms with Crippen molar-refractivity contribution >= 4 is 17.4 Å². The summed E-state index contributed by atoms with van der Waals surface area (Å²) in [5, 5.41) is 6.04. The largest absolute Gasteiger partial charge is 0.396 e. The Balaban J connectivity index is 1.69. The van der Waals surface area contributed by atoms with Gasteiger partial charge >= 0.3 is 0 Å². The molecule has 0 spiro atoms. The van der Waals surface area contributed by atoms with Crippen molar-refractivity contribution in [3.63, 3.8) is 0 Å². The quantitative estimate of drug-likeness (QED) is 0.710. The van der Waals surface area contributed by atoms with Gasteiger partial charge in [-0.25, -0.2) is 4.98 Å². The standard InChI is InChI=1S/C16H20N4O/c1-12-10-14(17)15(20-11-12)18-8-5-9-19-16(21)13-6-3-2-4-7-13/h2-4,6-7,10-11H,5,8-9,17H2,1H3,(H,18,20)(H,19,21). The summed E-state index contributed by atoms with van der Waals surface area (Å²) in [4.78, 5) is 16.0. The van der Waals surface area contributed by atoms with E-state index in [-0.39, 0.29) is 5.91 Å². The van der Waals surface area contributed by atoms with Crippen molar-refractivity contribution < 1.29 is 4.79 Å². The van der Waals surface area contributed by atoms with Crippen LogP contribution in [-0.4, -0.2) is 24.0 Å². The number of benzene rings is 1.